The minimum absolute atomic E-state index is 0.134. The molecule has 1 aliphatic rings. The number of morpholine rings is 1. The minimum atomic E-state index is -0.487. The Morgan fingerprint density at radius 3 is 2.81 bits per heavy atom. The van der Waals surface area contributed by atoms with E-state index in [0.29, 0.717) is 47.9 Å². The number of ether oxygens (including phenoxy) is 3. The van der Waals surface area contributed by atoms with Crippen molar-refractivity contribution in [2.45, 2.75) is 0 Å². The lowest BCUT2D eigenvalue weighted by Crippen LogP contribution is -2.36. The van der Waals surface area contributed by atoms with E-state index >= 15 is 0 Å². The zero-order valence-corrected chi connectivity index (χ0v) is 17.5. The van der Waals surface area contributed by atoms with Gasteiger partial charge in [0.2, 0.25) is 0 Å². The molecule has 0 radical (unpaired) electrons. The van der Waals surface area contributed by atoms with Crippen molar-refractivity contribution in [1.82, 2.24) is 20.3 Å². The fourth-order valence-corrected chi connectivity index (χ4v) is 3.59. The van der Waals surface area contributed by atoms with E-state index in [9.17, 15) is 4.39 Å². The average molecular weight is 439 g/mol. The van der Waals surface area contributed by atoms with Crippen LogP contribution < -0.4 is 9.64 Å². The summed E-state index contributed by atoms with van der Waals surface area (Å²) in [5, 5.41) is 11.9. The van der Waals surface area contributed by atoms with Crippen LogP contribution in [0.25, 0.3) is 33.6 Å². The van der Waals surface area contributed by atoms with Crippen LogP contribution in [-0.4, -0.2) is 67.0 Å². The Bertz CT molecular complexity index is 1200. The molecule has 0 bridgehead atoms. The summed E-state index contributed by atoms with van der Waals surface area (Å²) < 4.78 is 35.7. The Morgan fingerprint density at radius 1 is 1.16 bits per heavy atom. The largest absolute Gasteiger partial charge is 0.488 e. The van der Waals surface area contributed by atoms with Gasteiger partial charge in [0, 0.05) is 49.5 Å². The van der Waals surface area contributed by atoms with E-state index in [1.54, 1.807) is 25.4 Å². The Morgan fingerprint density at radius 2 is 2.03 bits per heavy atom. The summed E-state index contributed by atoms with van der Waals surface area (Å²) in [6, 6.07) is 8.62. The van der Waals surface area contributed by atoms with Crippen molar-refractivity contribution in [3.63, 3.8) is 0 Å². The van der Waals surface area contributed by atoms with E-state index in [1.807, 2.05) is 12.1 Å². The maximum Gasteiger partial charge on any atom is 0.188 e. The molecule has 1 saturated heterocycles. The summed E-state index contributed by atoms with van der Waals surface area (Å²) in [6.07, 6.45) is 1.76. The van der Waals surface area contributed by atoms with E-state index < -0.39 is 5.82 Å². The second kappa shape index (κ2) is 8.93. The fraction of sp³-hybridized carbons (Fsp3) is 0.318. The molecular weight excluding hydrogens is 417 g/mol. The highest BCUT2D eigenvalue weighted by atomic mass is 19.1. The molecule has 0 unspecified atom stereocenters. The van der Waals surface area contributed by atoms with Crippen molar-refractivity contribution in [1.29, 1.82) is 0 Å². The molecule has 1 fully saturated rings. The zero-order chi connectivity index (χ0) is 21.9. The molecule has 32 heavy (non-hydrogen) atoms. The first-order chi connectivity index (χ1) is 15.7. The molecule has 0 amide bonds. The van der Waals surface area contributed by atoms with Crippen molar-refractivity contribution in [2.24, 2.45) is 0 Å². The van der Waals surface area contributed by atoms with Crippen LogP contribution in [0.1, 0.15) is 0 Å². The van der Waals surface area contributed by atoms with Gasteiger partial charge in [-0.05, 0) is 18.2 Å². The van der Waals surface area contributed by atoms with Gasteiger partial charge in [-0.25, -0.2) is 9.37 Å². The lowest BCUT2D eigenvalue weighted by Gasteiger charge is -2.27. The van der Waals surface area contributed by atoms with Crippen molar-refractivity contribution >= 4 is 16.7 Å². The maximum absolute atomic E-state index is 14.5. The number of aromatic nitrogens is 4. The molecule has 1 N–H and O–H groups in total. The van der Waals surface area contributed by atoms with E-state index in [2.05, 4.69) is 25.2 Å². The van der Waals surface area contributed by atoms with Crippen LogP contribution in [0.4, 0.5) is 10.2 Å². The predicted molar refractivity (Wildman–Crippen MR) is 115 cm³/mol. The van der Waals surface area contributed by atoms with Gasteiger partial charge in [0.1, 0.15) is 23.8 Å². The number of anilines is 1. The Balaban J connectivity index is 1.37. The highest BCUT2D eigenvalue weighted by molar-refractivity contribution is 5.92. The molecule has 0 spiro atoms. The monoisotopic (exact) mass is 439 g/mol. The Labute approximate surface area is 183 Å². The number of nitrogens with zero attached hydrogens (tertiary/aromatic N) is 4. The van der Waals surface area contributed by atoms with Crippen LogP contribution in [0.15, 0.2) is 41.1 Å². The molecular formula is C22H22FN5O4. The number of benzene rings is 1. The van der Waals surface area contributed by atoms with Crippen molar-refractivity contribution < 1.29 is 23.1 Å². The smallest absolute Gasteiger partial charge is 0.188 e. The van der Waals surface area contributed by atoms with Crippen molar-refractivity contribution in [2.75, 3.05) is 51.5 Å². The maximum atomic E-state index is 14.5. The van der Waals surface area contributed by atoms with Crippen molar-refractivity contribution in [3.05, 3.63) is 42.3 Å². The summed E-state index contributed by atoms with van der Waals surface area (Å²) >= 11 is 0. The standard InChI is InChI=1S/C22H22FN5O4/c1-29-8-9-31-19-12-18-15(10-16(19)23)22(26-25-18)20-11-17(27-32-20)14-2-3-21(24-13-14)28-4-6-30-7-5-28/h2-3,10-13H,4-9H2,1H3,(H,25,26). The van der Waals surface area contributed by atoms with Crippen LogP contribution in [0.5, 0.6) is 5.75 Å². The molecule has 0 aliphatic carbocycles. The second-order valence-corrected chi connectivity index (χ2v) is 7.32. The van der Waals surface area contributed by atoms with E-state index in [-0.39, 0.29) is 12.4 Å². The molecule has 1 aromatic carbocycles. The first-order valence-corrected chi connectivity index (χ1v) is 10.3. The van der Waals surface area contributed by atoms with Crippen molar-refractivity contribution in [3.8, 4) is 28.5 Å². The lowest BCUT2D eigenvalue weighted by atomic mass is 10.1. The highest BCUT2D eigenvalue weighted by Crippen LogP contribution is 2.33. The molecule has 5 rings (SSSR count). The number of hydrogen-bond donors (Lipinski definition) is 1. The molecule has 10 heteroatoms. The number of methoxy groups -OCH3 is 1. The molecule has 4 heterocycles. The number of H-pyrrole nitrogens is 1. The summed E-state index contributed by atoms with van der Waals surface area (Å²) in [4.78, 5) is 6.73. The topological polar surface area (TPSA) is 98.5 Å². The number of aromatic amines is 1. The van der Waals surface area contributed by atoms with Gasteiger partial charge in [0.05, 0.1) is 25.3 Å². The van der Waals surface area contributed by atoms with Gasteiger partial charge in [-0.3, -0.25) is 5.10 Å². The van der Waals surface area contributed by atoms with Crippen LogP contribution in [0.3, 0.4) is 0 Å². The van der Waals surface area contributed by atoms with E-state index in [0.717, 1.165) is 24.5 Å². The van der Waals surface area contributed by atoms with Gasteiger partial charge < -0.3 is 23.6 Å². The van der Waals surface area contributed by atoms with Crippen LogP contribution in [0.2, 0.25) is 0 Å². The molecule has 1 aliphatic heterocycles. The average Bonchev–Trinajstić information content (AvgIpc) is 3.47. The number of nitrogens with one attached hydrogen (secondary N) is 1. The third-order valence-electron chi connectivity index (χ3n) is 5.28. The number of fused-ring (bicyclic) bond motifs is 1. The van der Waals surface area contributed by atoms with Gasteiger partial charge >= 0.3 is 0 Å². The summed E-state index contributed by atoms with van der Waals surface area (Å²) in [6.45, 7) is 3.67. The molecule has 3 aromatic heterocycles. The molecule has 4 aromatic rings. The van der Waals surface area contributed by atoms with Crippen LogP contribution in [0, 0.1) is 5.82 Å². The van der Waals surface area contributed by atoms with E-state index in [4.69, 9.17) is 18.7 Å². The van der Waals surface area contributed by atoms with Gasteiger partial charge in [0.15, 0.2) is 17.3 Å². The molecule has 9 nitrogen and oxygen atoms in total. The number of halogens is 1. The fourth-order valence-electron chi connectivity index (χ4n) is 3.59. The quantitative estimate of drug-likeness (QED) is 0.438. The summed E-state index contributed by atoms with van der Waals surface area (Å²) in [5.74, 6) is 0.974. The van der Waals surface area contributed by atoms with E-state index in [1.165, 1.54) is 6.07 Å². The Kier molecular flexibility index (Phi) is 5.70. The molecule has 0 saturated carbocycles. The summed E-state index contributed by atoms with van der Waals surface area (Å²) in [7, 11) is 1.56. The number of rotatable bonds is 7. The lowest BCUT2D eigenvalue weighted by molar-refractivity contribution is 0.122. The van der Waals surface area contributed by atoms with Gasteiger partial charge in [-0.2, -0.15) is 5.10 Å². The Hall–Kier alpha value is -3.50. The van der Waals surface area contributed by atoms with Crippen LogP contribution in [-0.2, 0) is 9.47 Å². The molecule has 166 valence electrons. The molecule has 0 atom stereocenters. The minimum Gasteiger partial charge on any atom is -0.488 e. The third kappa shape index (κ3) is 4.02. The van der Waals surface area contributed by atoms with Gasteiger partial charge in [0.25, 0.3) is 0 Å². The zero-order valence-electron chi connectivity index (χ0n) is 17.5. The second-order valence-electron chi connectivity index (χ2n) is 7.32. The first-order valence-electron chi connectivity index (χ1n) is 10.3. The van der Waals surface area contributed by atoms with Gasteiger partial charge in [-0.1, -0.05) is 5.16 Å². The number of hydrogen-bond acceptors (Lipinski definition) is 8. The third-order valence-corrected chi connectivity index (χ3v) is 5.28. The SMILES string of the molecule is COCCOc1cc2[nH]nc(-c3cc(-c4ccc(N5CCOCC5)nc4)no3)c2cc1F. The summed E-state index contributed by atoms with van der Waals surface area (Å²) in [5.41, 5.74) is 2.54. The number of pyridine rings is 1. The predicted octanol–water partition coefficient (Wildman–Crippen LogP) is 3.28. The first kappa shape index (κ1) is 20.4. The van der Waals surface area contributed by atoms with Crippen LogP contribution >= 0.6 is 0 Å². The normalized spacial score (nSPS) is 14.2. The van der Waals surface area contributed by atoms with Gasteiger partial charge in [-0.15, -0.1) is 0 Å². The highest BCUT2D eigenvalue weighted by Gasteiger charge is 2.18.